The zero-order valence-electron chi connectivity index (χ0n) is 13.0. The van der Waals surface area contributed by atoms with Crippen LogP contribution in [-0.2, 0) is 4.79 Å². The van der Waals surface area contributed by atoms with Crippen molar-refractivity contribution in [2.45, 2.75) is 25.7 Å². The maximum absolute atomic E-state index is 12.8. The van der Waals surface area contributed by atoms with Crippen molar-refractivity contribution in [1.29, 1.82) is 10.5 Å². The number of carbonyl (C=O) groups excluding carboxylic acids is 1. The van der Waals surface area contributed by atoms with E-state index in [0.717, 1.165) is 31.6 Å². The minimum absolute atomic E-state index is 0.110. The first-order valence-electron chi connectivity index (χ1n) is 7.94. The number of allylic oxidation sites excluding steroid dienone is 1. The van der Waals surface area contributed by atoms with Gasteiger partial charge in [0.05, 0.1) is 17.9 Å². The molecule has 5 heteroatoms. The first-order valence-corrected chi connectivity index (χ1v) is 7.94. The molecule has 0 aromatic heterocycles. The number of anilines is 1. The van der Waals surface area contributed by atoms with Crippen molar-refractivity contribution < 1.29 is 4.79 Å². The molecule has 1 aromatic carbocycles. The summed E-state index contributed by atoms with van der Waals surface area (Å²) in [4.78, 5) is 16.8. The van der Waals surface area contributed by atoms with Gasteiger partial charge in [0, 0.05) is 5.56 Å². The molecule has 5 nitrogen and oxygen atoms in total. The van der Waals surface area contributed by atoms with Gasteiger partial charge in [-0.3, -0.25) is 14.6 Å². The molecule has 2 aliphatic heterocycles. The second kappa shape index (κ2) is 6.64. The van der Waals surface area contributed by atoms with E-state index in [9.17, 15) is 4.79 Å². The third-order valence-corrected chi connectivity index (χ3v) is 4.44. The molecule has 0 N–H and O–H groups in total. The van der Waals surface area contributed by atoms with Gasteiger partial charge in [0.15, 0.2) is 0 Å². The van der Waals surface area contributed by atoms with E-state index in [1.165, 1.54) is 12.8 Å². The summed E-state index contributed by atoms with van der Waals surface area (Å²) in [6, 6.07) is 11.1. The summed E-state index contributed by atoms with van der Waals surface area (Å²) in [7, 11) is 0. The van der Waals surface area contributed by atoms with Crippen molar-refractivity contribution in [2.24, 2.45) is 0 Å². The molecule has 1 amide bonds. The standard InChI is InChI=1S/C18H18N4O/c19-11-14(12-20)17-15-7-3-4-8-16(15)22(18(17)23)13-21-9-5-1-2-6-10-21/h3-4,7-8H,1-2,5-6,9-10,13H2. The van der Waals surface area contributed by atoms with Crippen molar-refractivity contribution in [3.8, 4) is 12.1 Å². The van der Waals surface area contributed by atoms with E-state index in [0.29, 0.717) is 12.2 Å². The van der Waals surface area contributed by atoms with E-state index in [4.69, 9.17) is 10.5 Å². The van der Waals surface area contributed by atoms with Crippen LogP contribution in [0.2, 0.25) is 0 Å². The van der Waals surface area contributed by atoms with E-state index < -0.39 is 0 Å². The molecule has 2 aliphatic rings. The first-order chi connectivity index (χ1) is 11.3. The third-order valence-electron chi connectivity index (χ3n) is 4.44. The van der Waals surface area contributed by atoms with Gasteiger partial charge in [0.2, 0.25) is 0 Å². The van der Waals surface area contributed by atoms with Gasteiger partial charge in [-0.15, -0.1) is 0 Å². The summed E-state index contributed by atoms with van der Waals surface area (Å²) in [5.41, 5.74) is 1.60. The number of hydrogen-bond donors (Lipinski definition) is 0. The van der Waals surface area contributed by atoms with Gasteiger partial charge in [-0.05, 0) is 32.0 Å². The summed E-state index contributed by atoms with van der Waals surface area (Å²) in [6.07, 6.45) is 4.76. The van der Waals surface area contributed by atoms with Crippen LogP contribution in [0.4, 0.5) is 5.69 Å². The lowest BCUT2D eigenvalue weighted by Gasteiger charge is -2.26. The summed E-state index contributed by atoms with van der Waals surface area (Å²) >= 11 is 0. The van der Waals surface area contributed by atoms with E-state index in [1.54, 1.807) is 11.0 Å². The van der Waals surface area contributed by atoms with Gasteiger partial charge in [-0.25, -0.2) is 0 Å². The fourth-order valence-corrected chi connectivity index (χ4v) is 3.28. The molecule has 2 heterocycles. The minimum Gasteiger partial charge on any atom is -0.294 e. The molecule has 1 fully saturated rings. The zero-order valence-corrected chi connectivity index (χ0v) is 13.0. The summed E-state index contributed by atoms with van der Waals surface area (Å²) in [5, 5.41) is 18.3. The average molecular weight is 306 g/mol. The van der Waals surface area contributed by atoms with E-state index in [2.05, 4.69) is 4.90 Å². The molecule has 116 valence electrons. The SMILES string of the molecule is N#CC(C#N)=C1C(=O)N(CN2CCCCCC2)c2ccccc21. The van der Waals surface area contributed by atoms with Crippen LogP contribution in [0.3, 0.4) is 0 Å². The lowest BCUT2D eigenvalue weighted by molar-refractivity contribution is -0.113. The number of hydrogen-bond acceptors (Lipinski definition) is 4. The Labute approximate surface area is 136 Å². The highest BCUT2D eigenvalue weighted by Gasteiger charge is 2.35. The predicted molar refractivity (Wildman–Crippen MR) is 87.0 cm³/mol. The lowest BCUT2D eigenvalue weighted by atomic mass is 10.0. The number of likely N-dealkylation sites (tertiary alicyclic amines) is 1. The highest BCUT2D eigenvalue weighted by atomic mass is 16.2. The Morgan fingerprint density at radius 1 is 1.04 bits per heavy atom. The van der Waals surface area contributed by atoms with Crippen molar-refractivity contribution in [1.82, 2.24) is 4.90 Å². The lowest BCUT2D eigenvalue weighted by Crippen LogP contribution is -2.40. The normalized spacial score (nSPS) is 18.1. The molecular weight excluding hydrogens is 288 g/mol. The molecule has 0 aliphatic carbocycles. The molecule has 1 aromatic rings. The van der Waals surface area contributed by atoms with Crippen molar-refractivity contribution in [3.05, 3.63) is 35.4 Å². The Bertz CT molecular complexity index is 714. The number of amides is 1. The summed E-state index contributed by atoms with van der Waals surface area (Å²) in [6.45, 7) is 2.48. The number of fused-ring (bicyclic) bond motifs is 1. The van der Waals surface area contributed by atoms with Gasteiger partial charge in [-0.1, -0.05) is 31.0 Å². The Morgan fingerprint density at radius 2 is 1.70 bits per heavy atom. The van der Waals surface area contributed by atoms with Crippen LogP contribution < -0.4 is 4.90 Å². The monoisotopic (exact) mass is 306 g/mol. The van der Waals surface area contributed by atoms with Gasteiger partial charge in [0.1, 0.15) is 17.7 Å². The smallest absolute Gasteiger partial charge is 0.262 e. The van der Waals surface area contributed by atoms with E-state index in [1.807, 2.05) is 30.3 Å². The second-order valence-electron chi connectivity index (χ2n) is 5.90. The van der Waals surface area contributed by atoms with Gasteiger partial charge >= 0.3 is 0 Å². The van der Waals surface area contributed by atoms with Crippen molar-refractivity contribution in [3.63, 3.8) is 0 Å². The minimum atomic E-state index is -0.242. The molecule has 0 saturated carbocycles. The molecule has 3 rings (SSSR count). The molecule has 23 heavy (non-hydrogen) atoms. The highest BCUT2D eigenvalue weighted by molar-refractivity contribution is 6.34. The number of carbonyl (C=O) groups is 1. The van der Waals surface area contributed by atoms with Crippen LogP contribution in [0, 0.1) is 22.7 Å². The first kappa shape index (κ1) is 15.3. The Hall–Kier alpha value is -2.63. The maximum Gasteiger partial charge on any atom is 0.262 e. The summed E-state index contributed by atoms with van der Waals surface area (Å²) < 4.78 is 0. The highest BCUT2D eigenvalue weighted by Crippen LogP contribution is 2.38. The van der Waals surface area contributed by atoms with Crippen LogP contribution in [0.1, 0.15) is 31.2 Å². The van der Waals surface area contributed by atoms with Crippen LogP contribution in [0.25, 0.3) is 5.57 Å². The number of rotatable bonds is 2. The van der Waals surface area contributed by atoms with Crippen LogP contribution >= 0.6 is 0 Å². The van der Waals surface area contributed by atoms with Crippen molar-refractivity contribution >= 4 is 17.2 Å². The van der Waals surface area contributed by atoms with Crippen LogP contribution in [0.5, 0.6) is 0 Å². The number of nitriles is 2. The topological polar surface area (TPSA) is 71.1 Å². The number of benzene rings is 1. The van der Waals surface area contributed by atoms with Gasteiger partial charge in [-0.2, -0.15) is 10.5 Å². The second-order valence-corrected chi connectivity index (χ2v) is 5.90. The van der Waals surface area contributed by atoms with E-state index >= 15 is 0 Å². The predicted octanol–water partition coefficient (Wildman–Crippen LogP) is 2.67. The largest absolute Gasteiger partial charge is 0.294 e. The molecule has 0 atom stereocenters. The molecule has 1 saturated heterocycles. The number of nitrogens with zero attached hydrogens (tertiary/aromatic N) is 4. The Morgan fingerprint density at radius 3 is 2.35 bits per heavy atom. The quantitative estimate of drug-likeness (QED) is 0.622. The molecule has 0 radical (unpaired) electrons. The van der Waals surface area contributed by atoms with Gasteiger partial charge < -0.3 is 0 Å². The Kier molecular flexibility index (Phi) is 4.41. The van der Waals surface area contributed by atoms with Crippen LogP contribution in [-0.4, -0.2) is 30.6 Å². The fourth-order valence-electron chi connectivity index (χ4n) is 3.28. The van der Waals surface area contributed by atoms with Gasteiger partial charge in [0.25, 0.3) is 5.91 Å². The number of para-hydroxylation sites is 1. The average Bonchev–Trinajstić information content (AvgIpc) is 2.75. The maximum atomic E-state index is 12.8. The third kappa shape index (κ3) is 2.84. The molecule has 0 unspecified atom stereocenters. The fraction of sp³-hybridized carbons (Fsp3) is 0.389. The Balaban J connectivity index is 1.96. The molecule has 0 spiro atoms. The molecule has 0 bridgehead atoms. The molecular formula is C18H18N4O. The van der Waals surface area contributed by atoms with Crippen molar-refractivity contribution in [2.75, 3.05) is 24.7 Å². The summed E-state index contributed by atoms with van der Waals surface area (Å²) in [5.74, 6) is -0.242. The van der Waals surface area contributed by atoms with E-state index in [-0.39, 0.29) is 17.1 Å². The zero-order chi connectivity index (χ0) is 16.2. The van der Waals surface area contributed by atoms with Crippen LogP contribution in [0.15, 0.2) is 29.8 Å².